The average Bonchev–Trinajstić information content (AvgIpc) is 2.44. The molecule has 0 bridgehead atoms. The highest BCUT2D eigenvalue weighted by Crippen LogP contribution is 2.34. The third-order valence-corrected chi connectivity index (χ3v) is 4.90. The molecule has 0 spiro atoms. The number of hydrogen-bond donors (Lipinski definition) is 1. The first-order valence-corrected chi connectivity index (χ1v) is 7.62. The van der Waals surface area contributed by atoms with Gasteiger partial charge >= 0.3 is 0 Å². The number of benzene rings is 2. The molecule has 0 radical (unpaired) electrons. The Morgan fingerprint density at radius 2 is 1.45 bits per heavy atom. The van der Waals surface area contributed by atoms with E-state index in [0.29, 0.717) is 33.1 Å². The number of halogens is 4. The lowest BCUT2D eigenvalue weighted by molar-refractivity contribution is 0.695. The van der Waals surface area contributed by atoms with Gasteiger partial charge in [0.1, 0.15) is 0 Å². The molecule has 0 aromatic heterocycles. The van der Waals surface area contributed by atoms with Gasteiger partial charge < -0.3 is 5.73 Å². The zero-order chi connectivity index (χ0) is 14.7. The van der Waals surface area contributed by atoms with Gasteiger partial charge in [-0.25, -0.2) is 0 Å². The van der Waals surface area contributed by atoms with Crippen molar-refractivity contribution in [2.75, 3.05) is 6.54 Å². The molecule has 0 saturated heterocycles. The molecule has 20 heavy (non-hydrogen) atoms. The van der Waals surface area contributed by atoms with E-state index in [2.05, 4.69) is 0 Å². The van der Waals surface area contributed by atoms with Gasteiger partial charge in [0.2, 0.25) is 0 Å². The number of hydrogen-bond acceptors (Lipinski definition) is 1. The van der Waals surface area contributed by atoms with E-state index in [1.54, 1.807) is 12.1 Å². The molecular weight excluding hydrogens is 336 g/mol. The van der Waals surface area contributed by atoms with Crippen LogP contribution in [-0.4, -0.2) is 6.54 Å². The van der Waals surface area contributed by atoms with Gasteiger partial charge in [-0.1, -0.05) is 70.7 Å². The Kier molecular flexibility index (Phi) is 5.59. The normalized spacial score (nSPS) is 12.4. The minimum atomic E-state index is 0.0390. The van der Waals surface area contributed by atoms with Crippen LogP contribution in [0.4, 0.5) is 0 Å². The Hall–Kier alpha value is -0.440. The largest absolute Gasteiger partial charge is 0.330 e. The van der Waals surface area contributed by atoms with Crippen LogP contribution in [0.25, 0.3) is 0 Å². The van der Waals surface area contributed by atoms with Crippen LogP contribution < -0.4 is 5.73 Å². The zero-order valence-corrected chi connectivity index (χ0v) is 13.6. The lowest BCUT2D eigenvalue weighted by atomic mass is 9.92. The molecule has 0 fully saturated rings. The lowest BCUT2D eigenvalue weighted by Gasteiger charge is -2.18. The van der Waals surface area contributed by atoms with E-state index in [4.69, 9.17) is 52.1 Å². The van der Waals surface area contributed by atoms with Crippen molar-refractivity contribution in [2.24, 2.45) is 5.73 Å². The van der Waals surface area contributed by atoms with Gasteiger partial charge in [-0.05, 0) is 36.2 Å². The highest BCUT2D eigenvalue weighted by atomic mass is 35.5. The summed E-state index contributed by atoms with van der Waals surface area (Å²) in [6.07, 6.45) is 0.663. The van der Waals surface area contributed by atoms with E-state index < -0.39 is 0 Å². The summed E-state index contributed by atoms with van der Waals surface area (Å²) in [6.45, 7) is 0.447. The Morgan fingerprint density at radius 1 is 0.850 bits per heavy atom. The maximum atomic E-state index is 6.26. The second-order valence-corrected chi connectivity index (χ2v) is 6.06. The second kappa shape index (κ2) is 7.02. The average molecular weight is 349 g/mol. The lowest BCUT2D eigenvalue weighted by Crippen LogP contribution is -2.15. The molecule has 2 aromatic rings. The maximum absolute atomic E-state index is 6.26. The molecule has 1 nitrogen and oxygen atoms in total. The highest BCUT2D eigenvalue weighted by Gasteiger charge is 2.17. The predicted octanol–water partition coefficient (Wildman–Crippen LogP) is 5.59. The first-order chi connectivity index (χ1) is 9.54. The molecule has 1 unspecified atom stereocenters. The van der Waals surface area contributed by atoms with Crippen molar-refractivity contribution in [3.8, 4) is 0 Å². The topological polar surface area (TPSA) is 26.0 Å². The standard InChI is InChI=1S/C15H13Cl4N/c16-12-5-1-3-9(14(12)18)7-10(8-20)11-4-2-6-13(17)15(11)19/h1-6,10H,7-8,20H2. The fourth-order valence-corrected chi connectivity index (χ4v) is 2.99. The van der Waals surface area contributed by atoms with Crippen molar-refractivity contribution in [1.29, 1.82) is 0 Å². The molecule has 2 aromatic carbocycles. The van der Waals surface area contributed by atoms with Gasteiger partial charge in [0.05, 0.1) is 20.1 Å². The van der Waals surface area contributed by atoms with E-state index in [1.165, 1.54) is 0 Å². The van der Waals surface area contributed by atoms with Crippen LogP contribution in [0.3, 0.4) is 0 Å². The van der Waals surface area contributed by atoms with Gasteiger partial charge in [0.25, 0.3) is 0 Å². The molecular formula is C15H13Cl4N. The van der Waals surface area contributed by atoms with Crippen LogP contribution >= 0.6 is 46.4 Å². The quantitative estimate of drug-likeness (QED) is 0.766. The Labute approximate surface area is 138 Å². The van der Waals surface area contributed by atoms with Crippen molar-refractivity contribution < 1.29 is 0 Å². The van der Waals surface area contributed by atoms with Gasteiger partial charge in [-0.2, -0.15) is 0 Å². The summed E-state index contributed by atoms with van der Waals surface area (Å²) < 4.78 is 0. The van der Waals surface area contributed by atoms with Crippen molar-refractivity contribution in [3.05, 3.63) is 67.6 Å². The Morgan fingerprint density at radius 3 is 2.10 bits per heavy atom. The summed E-state index contributed by atoms with van der Waals surface area (Å²) in [7, 11) is 0. The van der Waals surface area contributed by atoms with Crippen molar-refractivity contribution in [2.45, 2.75) is 12.3 Å². The predicted molar refractivity (Wildman–Crippen MR) is 88.4 cm³/mol. The van der Waals surface area contributed by atoms with Crippen LogP contribution in [0.5, 0.6) is 0 Å². The molecule has 1 atom stereocenters. The van der Waals surface area contributed by atoms with Crippen LogP contribution in [0, 0.1) is 0 Å². The SMILES string of the molecule is NCC(Cc1cccc(Cl)c1Cl)c1cccc(Cl)c1Cl. The first kappa shape index (κ1) is 15.9. The van der Waals surface area contributed by atoms with E-state index in [1.807, 2.05) is 24.3 Å². The smallest absolute Gasteiger partial charge is 0.0627 e. The van der Waals surface area contributed by atoms with Gasteiger partial charge in [-0.3, -0.25) is 0 Å². The Balaban J connectivity index is 2.34. The fourth-order valence-electron chi connectivity index (χ4n) is 2.13. The van der Waals surface area contributed by atoms with Crippen LogP contribution in [-0.2, 0) is 6.42 Å². The van der Waals surface area contributed by atoms with Crippen molar-refractivity contribution in [3.63, 3.8) is 0 Å². The van der Waals surface area contributed by atoms with Gasteiger partial charge in [0, 0.05) is 5.92 Å². The van der Waals surface area contributed by atoms with E-state index in [0.717, 1.165) is 11.1 Å². The molecule has 106 valence electrons. The van der Waals surface area contributed by atoms with Gasteiger partial charge in [0.15, 0.2) is 0 Å². The van der Waals surface area contributed by atoms with E-state index in [-0.39, 0.29) is 5.92 Å². The van der Waals surface area contributed by atoms with Crippen molar-refractivity contribution in [1.82, 2.24) is 0 Å². The summed E-state index contributed by atoms with van der Waals surface area (Å²) >= 11 is 24.6. The first-order valence-electron chi connectivity index (χ1n) is 6.11. The second-order valence-electron chi connectivity index (χ2n) is 4.49. The molecule has 2 rings (SSSR count). The molecule has 5 heteroatoms. The summed E-state index contributed by atoms with van der Waals surface area (Å²) in [5.41, 5.74) is 7.76. The van der Waals surface area contributed by atoms with Crippen molar-refractivity contribution >= 4 is 46.4 Å². The molecule has 0 aliphatic heterocycles. The molecule has 0 saturated carbocycles. The minimum absolute atomic E-state index is 0.0390. The third kappa shape index (κ3) is 3.41. The molecule has 0 heterocycles. The van der Waals surface area contributed by atoms with E-state index >= 15 is 0 Å². The van der Waals surface area contributed by atoms with E-state index in [9.17, 15) is 0 Å². The molecule has 0 aliphatic rings. The van der Waals surface area contributed by atoms with Crippen LogP contribution in [0.1, 0.15) is 17.0 Å². The minimum Gasteiger partial charge on any atom is -0.330 e. The highest BCUT2D eigenvalue weighted by molar-refractivity contribution is 6.43. The summed E-state index contributed by atoms with van der Waals surface area (Å²) in [5.74, 6) is 0.0390. The molecule has 2 N–H and O–H groups in total. The monoisotopic (exact) mass is 347 g/mol. The zero-order valence-electron chi connectivity index (χ0n) is 10.5. The number of rotatable bonds is 4. The van der Waals surface area contributed by atoms with Gasteiger partial charge in [-0.15, -0.1) is 0 Å². The summed E-state index contributed by atoms with van der Waals surface area (Å²) in [6, 6.07) is 11.1. The summed E-state index contributed by atoms with van der Waals surface area (Å²) in [4.78, 5) is 0. The summed E-state index contributed by atoms with van der Waals surface area (Å²) in [5, 5.41) is 2.17. The third-order valence-electron chi connectivity index (χ3n) is 3.20. The molecule has 0 aliphatic carbocycles. The number of nitrogens with two attached hydrogens (primary N) is 1. The fraction of sp³-hybridized carbons (Fsp3) is 0.200. The maximum Gasteiger partial charge on any atom is 0.0627 e. The Bertz CT molecular complexity index is 613. The van der Waals surface area contributed by atoms with Crippen LogP contribution in [0.2, 0.25) is 20.1 Å². The van der Waals surface area contributed by atoms with Crippen LogP contribution in [0.15, 0.2) is 36.4 Å². The molecule has 0 amide bonds.